The molecule has 6 nitrogen and oxygen atoms in total. The number of hydrogen-bond acceptors (Lipinski definition) is 4. The molecule has 1 heterocycles. The van der Waals surface area contributed by atoms with Crippen molar-refractivity contribution in [3.63, 3.8) is 0 Å². The second-order valence-corrected chi connectivity index (χ2v) is 4.33. The molecule has 6 heteroatoms. The monoisotopic (exact) mass is 261 g/mol. The van der Waals surface area contributed by atoms with E-state index in [2.05, 4.69) is 10.6 Å². The number of imide groups is 1. The molecule has 100 valence electrons. The molecule has 0 radical (unpaired) electrons. The van der Waals surface area contributed by atoms with E-state index in [4.69, 9.17) is 0 Å². The SMILES string of the molecule is CNCCC(=O)Nc1ccc2c(c1)C(=O)N(C)C2=O. The number of carbonyl (C=O) groups excluding carboxylic acids is 3. The van der Waals surface area contributed by atoms with E-state index in [1.165, 1.54) is 13.1 Å². The van der Waals surface area contributed by atoms with E-state index in [0.29, 0.717) is 29.8 Å². The largest absolute Gasteiger partial charge is 0.326 e. The van der Waals surface area contributed by atoms with Crippen molar-refractivity contribution in [3.8, 4) is 0 Å². The highest BCUT2D eigenvalue weighted by Gasteiger charge is 2.32. The van der Waals surface area contributed by atoms with Crippen LogP contribution < -0.4 is 10.6 Å². The van der Waals surface area contributed by atoms with Gasteiger partial charge in [0.25, 0.3) is 11.8 Å². The maximum atomic E-state index is 11.8. The zero-order valence-corrected chi connectivity index (χ0v) is 10.8. The van der Waals surface area contributed by atoms with Crippen LogP contribution in [0.4, 0.5) is 5.69 Å². The third kappa shape index (κ3) is 2.48. The van der Waals surface area contributed by atoms with Crippen LogP contribution in [-0.4, -0.2) is 43.3 Å². The number of carbonyl (C=O) groups is 3. The highest BCUT2D eigenvalue weighted by atomic mass is 16.2. The number of benzene rings is 1. The molecule has 1 aromatic rings. The smallest absolute Gasteiger partial charge is 0.261 e. The molecule has 1 aromatic carbocycles. The van der Waals surface area contributed by atoms with Gasteiger partial charge in [-0.25, -0.2) is 0 Å². The van der Waals surface area contributed by atoms with Crippen molar-refractivity contribution in [1.29, 1.82) is 0 Å². The minimum absolute atomic E-state index is 0.139. The molecule has 2 N–H and O–H groups in total. The lowest BCUT2D eigenvalue weighted by atomic mass is 10.1. The molecule has 0 atom stereocenters. The van der Waals surface area contributed by atoms with Crippen molar-refractivity contribution in [3.05, 3.63) is 29.3 Å². The normalized spacial score (nSPS) is 13.7. The standard InChI is InChI=1S/C13H15N3O3/c1-14-6-5-11(17)15-8-3-4-9-10(7-8)13(19)16(2)12(9)18/h3-4,7,14H,5-6H2,1-2H3,(H,15,17). The summed E-state index contributed by atoms with van der Waals surface area (Å²) in [5.41, 5.74) is 1.23. The molecule has 1 aliphatic heterocycles. The van der Waals surface area contributed by atoms with E-state index >= 15 is 0 Å². The fourth-order valence-corrected chi connectivity index (χ4v) is 1.90. The van der Waals surface area contributed by atoms with Crippen molar-refractivity contribution in [1.82, 2.24) is 10.2 Å². The second kappa shape index (κ2) is 5.19. The first-order chi connectivity index (χ1) is 9.04. The molecule has 1 aliphatic rings. The molecule has 0 bridgehead atoms. The van der Waals surface area contributed by atoms with E-state index in [1.54, 1.807) is 19.2 Å². The van der Waals surface area contributed by atoms with E-state index in [1.807, 2.05) is 0 Å². The van der Waals surface area contributed by atoms with Crippen molar-refractivity contribution >= 4 is 23.4 Å². The summed E-state index contributed by atoms with van der Waals surface area (Å²) in [6, 6.07) is 4.73. The summed E-state index contributed by atoms with van der Waals surface area (Å²) in [5.74, 6) is -0.793. The fourth-order valence-electron chi connectivity index (χ4n) is 1.90. The van der Waals surface area contributed by atoms with Gasteiger partial charge in [-0.1, -0.05) is 0 Å². The zero-order chi connectivity index (χ0) is 14.0. The second-order valence-electron chi connectivity index (χ2n) is 4.33. The lowest BCUT2D eigenvalue weighted by Crippen LogP contribution is -2.24. The van der Waals surface area contributed by atoms with Gasteiger partial charge in [-0.05, 0) is 25.2 Å². The van der Waals surface area contributed by atoms with Crippen LogP contribution in [-0.2, 0) is 4.79 Å². The first-order valence-corrected chi connectivity index (χ1v) is 5.95. The Morgan fingerprint density at radius 1 is 1.21 bits per heavy atom. The van der Waals surface area contributed by atoms with Crippen molar-refractivity contribution in [2.75, 3.05) is 26.0 Å². The minimum atomic E-state index is -0.341. The maximum absolute atomic E-state index is 11.8. The van der Waals surface area contributed by atoms with Crippen molar-refractivity contribution in [2.24, 2.45) is 0 Å². The van der Waals surface area contributed by atoms with Gasteiger partial charge >= 0.3 is 0 Å². The van der Waals surface area contributed by atoms with E-state index in [9.17, 15) is 14.4 Å². The average Bonchev–Trinajstić information content (AvgIpc) is 2.61. The van der Waals surface area contributed by atoms with E-state index in [0.717, 1.165) is 4.90 Å². The number of rotatable bonds is 4. The maximum Gasteiger partial charge on any atom is 0.261 e. The molecule has 0 unspecified atom stereocenters. The van der Waals surface area contributed by atoms with Gasteiger partial charge in [0.15, 0.2) is 0 Å². The molecule has 0 saturated heterocycles. The summed E-state index contributed by atoms with van der Waals surface area (Å²) < 4.78 is 0. The van der Waals surface area contributed by atoms with Gasteiger partial charge in [0, 0.05) is 25.7 Å². The molecular formula is C13H15N3O3. The molecule has 0 saturated carbocycles. The number of amides is 3. The Kier molecular flexibility index (Phi) is 3.62. The topological polar surface area (TPSA) is 78.5 Å². The van der Waals surface area contributed by atoms with E-state index in [-0.39, 0.29) is 17.7 Å². The highest BCUT2D eigenvalue weighted by molar-refractivity contribution is 6.21. The van der Waals surface area contributed by atoms with Crippen LogP contribution in [0.2, 0.25) is 0 Å². The number of fused-ring (bicyclic) bond motifs is 1. The van der Waals surface area contributed by atoms with Crippen molar-refractivity contribution < 1.29 is 14.4 Å². The van der Waals surface area contributed by atoms with Crippen LogP contribution in [0.25, 0.3) is 0 Å². The molecule has 0 spiro atoms. The molecule has 0 aromatic heterocycles. The van der Waals surface area contributed by atoms with Crippen LogP contribution in [0.15, 0.2) is 18.2 Å². The summed E-state index contributed by atoms with van der Waals surface area (Å²) in [7, 11) is 3.21. The highest BCUT2D eigenvalue weighted by Crippen LogP contribution is 2.24. The van der Waals surface area contributed by atoms with Crippen molar-refractivity contribution in [2.45, 2.75) is 6.42 Å². The third-order valence-electron chi connectivity index (χ3n) is 2.98. The van der Waals surface area contributed by atoms with Gasteiger partial charge < -0.3 is 10.6 Å². The molecule has 0 aliphatic carbocycles. The molecule has 3 amide bonds. The van der Waals surface area contributed by atoms with Crippen LogP contribution in [0, 0.1) is 0 Å². The Morgan fingerprint density at radius 3 is 2.58 bits per heavy atom. The first-order valence-electron chi connectivity index (χ1n) is 5.95. The summed E-state index contributed by atoms with van der Waals surface area (Å²) in [4.78, 5) is 36.1. The van der Waals surface area contributed by atoms with E-state index < -0.39 is 0 Å². The summed E-state index contributed by atoms with van der Waals surface area (Å²) in [5, 5.41) is 5.57. The van der Waals surface area contributed by atoms with Gasteiger partial charge in [0.1, 0.15) is 0 Å². The Morgan fingerprint density at radius 2 is 1.89 bits per heavy atom. The lowest BCUT2D eigenvalue weighted by Gasteiger charge is -2.06. The average molecular weight is 261 g/mol. The van der Waals surface area contributed by atoms with Crippen LogP contribution in [0.3, 0.4) is 0 Å². The van der Waals surface area contributed by atoms with Gasteiger partial charge in [0.05, 0.1) is 11.1 Å². The number of hydrogen-bond donors (Lipinski definition) is 2. The number of nitrogens with one attached hydrogen (secondary N) is 2. The quantitative estimate of drug-likeness (QED) is 0.772. The van der Waals surface area contributed by atoms with Gasteiger partial charge in [0.2, 0.25) is 5.91 Å². The van der Waals surface area contributed by atoms with Crippen LogP contribution in [0.5, 0.6) is 0 Å². The number of nitrogens with zero attached hydrogens (tertiary/aromatic N) is 1. The molecule has 2 rings (SSSR count). The first kappa shape index (κ1) is 13.2. The summed E-state index contributed by atoms with van der Waals surface area (Å²) in [6.07, 6.45) is 0.348. The molecular weight excluding hydrogens is 246 g/mol. The Labute approximate surface area is 110 Å². The van der Waals surface area contributed by atoms with Crippen LogP contribution >= 0.6 is 0 Å². The fraction of sp³-hybridized carbons (Fsp3) is 0.308. The lowest BCUT2D eigenvalue weighted by molar-refractivity contribution is -0.116. The Hall–Kier alpha value is -2.21. The van der Waals surface area contributed by atoms with Crippen LogP contribution in [0.1, 0.15) is 27.1 Å². The van der Waals surface area contributed by atoms with Gasteiger partial charge in [-0.15, -0.1) is 0 Å². The summed E-state index contributed by atoms with van der Waals surface area (Å²) >= 11 is 0. The molecule has 19 heavy (non-hydrogen) atoms. The number of anilines is 1. The molecule has 0 fully saturated rings. The predicted octanol–water partition coefficient (Wildman–Crippen LogP) is 0.460. The Balaban J connectivity index is 2.17. The third-order valence-corrected chi connectivity index (χ3v) is 2.98. The predicted molar refractivity (Wildman–Crippen MR) is 70.0 cm³/mol. The summed E-state index contributed by atoms with van der Waals surface area (Å²) in [6.45, 7) is 0.580. The zero-order valence-electron chi connectivity index (χ0n) is 10.8. The van der Waals surface area contributed by atoms with Gasteiger partial charge in [-0.3, -0.25) is 19.3 Å². The van der Waals surface area contributed by atoms with Gasteiger partial charge in [-0.2, -0.15) is 0 Å². The Bertz CT molecular complexity index is 554. The minimum Gasteiger partial charge on any atom is -0.326 e.